The monoisotopic (exact) mass is 388 g/mol. The maximum absolute atomic E-state index is 6.10. The van der Waals surface area contributed by atoms with Crippen molar-refractivity contribution in [2.45, 2.75) is 6.54 Å². The van der Waals surface area contributed by atoms with Crippen LogP contribution in [0.3, 0.4) is 0 Å². The molecule has 29 heavy (non-hydrogen) atoms. The minimum Gasteiger partial charge on any atom is -0.497 e. The zero-order chi connectivity index (χ0) is 20.4. The molecule has 148 valence electrons. The maximum Gasteiger partial charge on any atom is 0.221 e. The minimum atomic E-state index is 0.278. The highest BCUT2D eigenvalue weighted by Crippen LogP contribution is 2.34. The van der Waals surface area contributed by atoms with Crippen molar-refractivity contribution in [3.05, 3.63) is 65.4 Å². The Bertz CT molecular complexity index is 1040. The van der Waals surface area contributed by atoms with Gasteiger partial charge in [0.1, 0.15) is 11.5 Å². The summed E-state index contributed by atoms with van der Waals surface area (Å²) in [5.74, 6) is 1.92. The van der Waals surface area contributed by atoms with Crippen LogP contribution in [0.5, 0.6) is 11.5 Å². The number of rotatable bonds is 4. The van der Waals surface area contributed by atoms with E-state index in [1.165, 1.54) is 0 Å². The highest BCUT2D eigenvalue weighted by atomic mass is 16.5. The Kier molecular flexibility index (Phi) is 5.18. The lowest BCUT2D eigenvalue weighted by Crippen LogP contribution is -2.28. The van der Waals surface area contributed by atoms with Gasteiger partial charge in [0.15, 0.2) is 0 Å². The maximum atomic E-state index is 6.10. The average Bonchev–Trinajstić information content (AvgIpc) is 2.74. The van der Waals surface area contributed by atoms with Crippen LogP contribution < -0.4 is 15.2 Å². The Morgan fingerprint density at radius 3 is 2.07 bits per heavy atom. The van der Waals surface area contributed by atoms with E-state index in [9.17, 15) is 0 Å². The quantitative estimate of drug-likeness (QED) is 0.734. The second kappa shape index (κ2) is 7.93. The van der Waals surface area contributed by atoms with E-state index in [-0.39, 0.29) is 5.95 Å². The summed E-state index contributed by atoms with van der Waals surface area (Å²) in [6, 6.07) is 15.9. The van der Waals surface area contributed by atoms with Gasteiger partial charge in [0, 0.05) is 24.2 Å². The molecule has 0 atom stereocenters. The molecule has 0 fully saturated rings. The van der Waals surface area contributed by atoms with Gasteiger partial charge in [-0.1, -0.05) is 12.1 Å². The van der Waals surface area contributed by atoms with Gasteiger partial charge in [0.25, 0.3) is 0 Å². The van der Waals surface area contributed by atoms with Gasteiger partial charge in [-0.05, 0) is 60.7 Å². The van der Waals surface area contributed by atoms with Crippen molar-refractivity contribution in [1.82, 2.24) is 14.9 Å². The number of fused-ring (bicyclic) bond motifs is 1. The first-order valence-electron chi connectivity index (χ1n) is 9.41. The molecule has 0 bridgehead atoms. The number of nitrogens with zero attached hydrogens (tertiary/aromatic N) is 3. The number of hydrogen-bond donors (Lipinski definition) is 1. The third-order valence-electron chi connectivity index (χ3n) is 5.02. The van der Waals surface area contributed by atoms with Gasteiger partial charge in [0.05, 0.1) is 25.6 Å². The smallest absolute Gasteiger partial charge is 0.221 e. The number of likely N-dealkylation sites (N-methyl/N-ethyl adjacent to an activating group) is 1. The normalized spacial score (nSPS) is 15.2. The molecule has 0 saturated carbocycles. The summed E-state index contributed by atoms with van der Waals surface area (Å²) in [6.45, 7) is 1.55. The van der Waals surface area contributed by atoms with Crippen LogP contribution >= 0.6 is 0 Å². The van der Waals surface area contributed by atoms with E-state index in [4.69, 9.17) is 15.2 Å². The number of nitrogen functional groups attached to an aromatic ring is 1. The fourth-order valence-corrected chi connectivity index (χ4v) is 3.61. The average molecular weight is 388 g/mol. The fraction of sp³-hybridized carbons (Fsp3) is 0.217. The van der Waals surface area contributed by atoms with Crippen molar-refractivity contribution in [3.63, 3.8) is 0 Å². The standard InChI is InChI=1S/C23H24N4O2/c1-27-13-17(12-15-4-8-18(28-2)9-5-15)22-20(14-27)21(25-23(24)26-22)16-6-10-19(29-3)11-7-16/h4-12H,13-14H2,1-3H3,(H2,24,25,26)/b17-12-. The third kappa shape index (κ3) is 3.93. The van der Waals surface area contributed by atoms with Crippen LogP contribution in [-0.2, 0) is 6.54 Å². The summed E-state index contributed by atoms with van der Waals surface area (Å²) in [5.41, 5.74) is 12.2. The molecule has 2 N–H and O–H groups in total. The van der Waals surface area contributed by atoms with Crippen molar-refractivity contribution in [2.75, 3.05) is 33.5 Å². The topological polar surface area (TPSA) is 73.5 Å². The van der Waals surface area contributed by atoms with Crippen LogP contribution in [0.25, 0.3) is 22.9 Å². The predicted molar refractivity (Wildman–Crippen MR) is 116 cm³/mol. The first kappa shape index (κ1) is 19.0. The molecule has 1 aromatic heterocycles. The summed E-state index contributed by atoms with van der Waals surface area (Å²) in [6.07, 6.45) is 2.15. The van der Waals surface area contributed by atoms with E-state index in [0.717, 1.165) is 58.2 Å². The Morgan fingerprint density at radius 1 is 0.862 bits per heavy atom. The molecule has 0 radical (unpaired) electrons. The first-order valence-corrected chi connectivity index (χ1v) is 9.41. The predicted octanol–water partition coefficient (Wildman–Crippen LogP) is 3.73. The lowest BCUT2D eigenvalue weighted by atomic mass is 9.95. The summed E-state index contributed by atoms with van der Waals surface area (Å²) in [5, 5.41) is 0. The van der Waals surface area contributed by atoms with Crippen LogP contribution in [0.15, 0.2) is 48.5 Å². The van der Waals surface area contributed by atoms with Gasteiger partial charge in [-0.25, -0.2) is 9.97 Å². The number of nitrogens with two attached hydrogens (primary N) is 1. The molecule has 0 aliphatic carbocycles. The van der Waals surface area contributed by atoms with E-state index < -0.39 is 0 Å². The van der Waals surface area contributed by atoms with Gasteiger partial charge in [-0.3, -0.25) is 4.90 Å². The van der Waals surface area contributed by atoms with Gasteiger partial charge < -0.3 is 15.2 Å². The van der Waals surface area contributed by atoms with Crippen molar-refractivity contribution in [1.29, 1.82) is 0 Å². The van der Waals surface area contributed by atoms with Crippen molar-refractivity contribution in [3.8, 4) is 22.8 Å². The van der Waals surface area contributed by atoms with Crippen molar-refractivity contribution >= 4 is 17.6 Å². The van der Waals surface area contributed by atoms with E-state index in [1.807, 2.05) is 48.5 Å². The summed E-state index contributed by atoms with van der Waals surface area (Å²) >= 11 is 0. The molecule has 1 aliphatic heterocycles. The number of hydrogen-bond acceptors (Lipinski definition) is 6. The van der Waals surface area contributed by atoms with Crippen molar-refractivity contribution < 1.29 is 9.47 Å². The Balaban J connectivity index is 1.81. The molecule has 6 heteroatoms. The molecule has 0 unspecified atom stereocenters. The molecule has 0 spiro atoms. The van der Waals surface area contributed by atoms with Gasteiger partial charge >= 0.3 is 0 Å². The number of benzene rings is 2. The van der Waals surface area contributed by atoms with Gasteiger partial charge in [-0.2, -0.15) is 0 Å². The molecular formula is C23H24N4O2. The molecule has 3 aromatic rings. The summed E-state index contributed by atoms with van der Waals surface area (Å²) in [4.78, 5) is 11.4. The van der Waals surface area contributed by atoms with Crippen LogP contribution in [0.1, 0.15) is 16.8 Å². The number of ether oxygens (including phenoxy) is 2. The number of methoxy groups -OCH3 is 2. The number of anilines is 1. The van der Waals surface area contributed by atoms with E-state index in [2.05, 4.69) is 28.0 Å². The second-order valence-corrected chi connectivity index (χ2v) is 7.10. The van der Waals surface area contributed by atoms with Gasteiger partial charge in [-0.15, -0.1) is 0 Å². The lowest BCUT2D eigenvalue weighted by Gasteiger charge is -2.28. The third-order valence-corrected chi connectivity index (χ3v) is 5.02. The van der Waals surface area contributed by atoms with Crippen LogP contribution in [-0.4, -0.2) is 42.7 Å². The van der Waals surface area contributed by atoms with Crippen LogP contribution in [0.4, 0.5) is 5.95 Å². The summed E-state index contributed by atoms with van der Waals surface area (Å²) in [7, 11) is 5.42. The summed E-state index contributed by atoms with van der Waals surface area (Å²) < 4.78 is 10.5. The zero-order valence-corrected chi connectivity index (χ0v) is 16.8. The number of aromatic nitrogens is 2. The first-order chi connectivity index (χ1) is 14.1. The molecule has 6 nitrogen and oxygen atoms in total. The molecule has 0 saturated heterocycles. The minimum absolute atomic E-state index is 0.278. The lowest BCUT2D eigenvalue weighted by molar-refractivity contribution is 0.358. The van der Waals surface area contributed by atoms with Crippen LogP contribution in [0.2, 0.25) is 0 Å². The Labute approximate surface area is 170 Å². The van der Waals surface area contributed by atoms with E-state index in [0.29, 0.717) is 0 Å². The largest absolute Gasteiger partial charge is 0.497 e. The molecule has 4 rings (SSSR count). The Morgan fingerprint density at radius 2 is 1.45 bits per heavy atom. The molecule has 2 heterocycles. The van der Waals surface area contributed by atoms with E-state index >= 15 is 0 Å². The van der Waals surface area contributed by atoms with Gasteiger partial charge in [0.2, 0.25) is 5.95 Å². The highest BCUT2D eigenvalue weighted by Gasteiger charge is 2.24. The molecular weight excluding hydrogens is 364 g/mol. The van der Waals surface area contributed by atoms with Crippen molar-refractivity contribution in [2.24, 2.45) is 0 Å². The zero-order valence-electron chi connectivity index (χ0n) is 16.8. The molecule has 2 aromatic carbocycles. The molecule has 0 amide bonds. The fourth-order valence-electron chi connectivity index (χ4n) is 3.61. The SMILES string of the molecule is COc1ccc(/C=C2/CN(C)Cc3c2nc(N)nc3-c2ccc(OC)cc2)cc1. The molecule has 1 aliphatic rings. The Hall–Kier alpha value is -3.38. The second-order valence-electron chi connectivity index (χ2n) is 7.10. The van der Waals surface area contributed by atoms with Crippen LogP contribution in [0, 0.1) is 0 Å². The van der Waals surface area contributed by atoms with E-state index in [1.54, 1.807) is 14.2 Å². The highest BCUT2D eigenvalue weighted by molar-refractivity contribution is 5.86.